The van der Waals surface area contributed by atoms with Crippen LogP contribution in [0, 0.1) is 5.41 Å². The Balaban J connectivity index is 1.63. The number of hydrogen-bond donors (Lipinski definition) is 1. The first-order valence-electron chi connectivity index (χ1n) is 9.48. The first-order chi connectivity index (χ1) is 12.6. The zero-order valence-corrected chi connectivity index (χ0v) is 16.0. The maximum absolute atomic E-state index is 11.8. The summed E-state index contributed by atoms with van der Waals surface area (Å²) in [6, 6.07) is 8.33. The molecule has 0 aromatic heterocycles. The Morgan fingerprint density at radius 3 is 2.73 bits per heavy atom. The van der Waals surface area contributed by atoms with Crippen LogP contribution in [-0.4, -0.2) is 75.8 Å². The molecule has 2 aliphatic rings. The van der Waals surface area contributed by atoms with E-state index in [4.69, 9.17) is 9.47 Å². The molecule has 0 unspecified atom stereocenters. The summed E-state index contributed by atoms with van der Waals surface area (Å²) in [5.74, 6) is 0.971. The van der Waals surface area contributed by atoms with E-state index in [1.165, 1.54) is 12.0 Å². The van der Waals surface area contributed by atoms with Gasteiger partial charge in [-0.25, -0.2) is 0 Å². The molecule has 6 heteroatoms. The summed E-state index contributed by atoms with van der Waals surface area (Å²) < 4.78 is 11.2. The van der Waals surface area contributed by atoms with Gasteiger partial charge in [-0.05, 0) is 37.1 Å². The summed E-state index contributed by atoms with van der Waals surface area (Å²) in [4.78, 5) is 16.6. The summed E-state index contributed by atoms with van der Waals surface area (Å²) in [7, 11) is 3.39. The van der Waals surface area contributed by atoms with Crippen LogP contribution in [0.4, 0.5) is 0 Å². The zero-order valence-electron chi connectivity index (χ0n) is 16.0. The Kier molecular flexibility index (Phi) is 6.51. The molecular weight excluding hydrogens is 330 g/mol. The second-order valence-electron chi connectivity index (χ2n) is 7.60. The molecule has 3 rings (SSSR count). The van der Waals surface area contributed by atoms with Crippen molar-refractivity contribution in [2.75, 3.05) is 60.1 Å². The number of ether oxygens (including phenoxy) is 2. The smallest absolute Gasteiger partial charge is 0.233 e. The number of carbonyl (C=O) groups is 1. The first-order valence-corrected chi connectivity index (χ1v) is 9.48. The SMILES string of the molecule is CNC(=O)CN1CCOC[C@]2(CCCN(Cc3ccc(OC)cc3)C2)C1. The molecule has 1 amide bonds. The largest absolute Gasteiger partial charge is 0.497 e. The fourth-order valence-corrected chi connectivity index (χ4v) is 4.18. The maximum atomic E-state index is 11.8. The van der Waals surface area contributed by atoms with Gasteiger partial charge in [0, 0.05) is 38.6 Å². The molecule has 2 fully saturated rings. The van der Waals surface area contributed by atoms with Crippen LogP contribution in [-0.2, 0) is 16.1 Å². The number of carbonyl (C=O) groups excluding carboxylic acids is 1. The van der Waals surface area contributed by atoms with Crippen molar-refractivity contribution in [2.24, 2.45) is 5.41 Å². The minimum absolute atomic E-state index is 0.0768. The minimum Gasteiger partial charge on any atom is -0.497 e. The maximum Gasteiger partial charge on any atom is 0.233 e. The fourth-order valence-electron chi connectivity index (χ4n) is 4.18. The third-order valence-corrected chi connectivity index (χ3v) is 5.47. The second-order valence-corrected chi connectivity index (χ2v) is 7.60. The monoisotopic (exact) mass is 361 g/mol. The number of likely N-dealkylation sites (N-methyl/N-ethyl adjacent to an activating group) is 1. The molecule has 6 nitrogen and oxygen atoms in total. The number of likely N-dealkylation sites (tertiary alicyclic amines) is 1. The molecule has 0 radical (unpaired) electrons. The van der Waals surface area contributed by atoms with Crippen LogP contribution in [0.5, 0.6) is 5.75 Å². The predicted molar refractivity (Wildman–Crippen MR) is 101 cm³/mol. The van der Waals surface area contributed by atoms with Crippen molar-refractivity contribution >= 4 is 5.91 Å². The lowest BCUT2D eigenvalue weighted by Crippen LogP contribution is -2.51. The van der Waals surface area contributed by atoms with Gasteiger partial charge in [-0.1, -0.05) is 12.1 Å². The van der Waals surface area contributed by atoms with Crippen LogP contribution in [0.25, 0.3) is 0 Å². The molecule has 1 N–H and O–H groups in total. The molecular formula is C20H31N3O3. The number of methoxy groups -OCH3 is 1. The van der Waals surface area contributed by atoms with Crippen LogP contribution in [0.2, 0.25) is 0 Å². The van der Waals surface area contributed by atoms with Crippen LogP contribution >= 0.6 is 0 Å². The molecule has 1 aromatic rings. The van der Waals surface area contributed by atoms with E-state index in [-0.39, 0.29) is 11.3 Å². The Labute approximate surface area is 156 Å². The molecule has 1 spiro atoms. The van der Waals surface area contributed by atoms with E-state index in [9.17, 15) is 4.79 Å². The van der Waals surface area contributed by atoms with Crippen LogP contribution < -0.4 is 10.1 Å². The molecule has 2 heterocycles. The van der Waals surface area contributed by atoms with Gasteiger partial charge < -0.3 is 14.8 Å². The number of benzene rings is 1. The van der Waals surface area contributed by atoms with Gasteiger partial charge in [-0.15, -0.1) is 0 Å². The van der Waals surface area contributed by atoms with Gasteiger partial charge in [0.15, 0.2) is 0 Å². The van der Waals surface area contributed by atoms with Crippen molar-refractivity contribution in [3.05, 3.63) is 29.8 Å². The predicted octanol–water partition coefficient (Wildman–Crippen LogP) is 1.36. The van der Waals surface area contributed by atoms with E-state index in [0.717, 1.165) is 51.5 Å². The van der Waals surface area contributed by atoms with Gasteiger partial charge in [0.1, 0.15) is 5.75 Å². The van der Waals surface area contributed by atoms with Crippen molar-refractivity contribution < 1.29 is 14.3 Å². The van der Waals surface area contributed by atoms with Crippen molar-refractivity contribution in [2.45, 2.75) is 19.4 Å². The second kappa shape index (κ2) is 8.84. The first kappa shape index (κ1) is 19.1. The summed E-state index contributed by atoms with van der Waals surface area (Å²) in [5.41, 5.74) is 1.43. The number of hydrogen-bond acceptors (Lipinski definition) is 5. The molecule has 0 saturated carbocycles. The van der Waals surface area contributed by atoms with Crippen LogP contribution in [0.3, 0.4) is 0 Å². The minimum atomic E-state index is 0.0768. The highest BCUT2D eigenvalue weighted by Gasteiger charge is 2.39. The topological polar surface area (TPSA) is 54.0 Å². The molecule has 2 aliphatic heterocycles. The summed E-state index contributed by atoms with van der Waals surface area (Å²) >= 11 is 0. The van der Waals surface area contributed by atoms with E-state index in [2.05, 4.69) is 27.2 Å². The van der Waals surface area contributed by atoms with Gasteiger partial charge >= 0.3 is 0 Å². The van der Waals surface area contributed by atoms with Crippen LogP contribution in [0.1, 0.15) is 18.4 Å². The number of amides is 1. The average Bonchev–Trinajstić information content (AvgIpc) is 2.84. The summed E-state index contributed by atoms with van der Waals surface area (Å²) in [5, 5.41) is 2.73. The molecule has 1 aromatic carbocycles. The van der Waals surface area contributed by atoms with Gasteiger partial charge in [-0.2, -0.15) is 0 Å². The van der Waals surface area contributed by atoms with Crippen molar-refractivity contribution in [1.29, 1.82) is 0 Å². The van der Waals surface area contributed by atoms with E-state index in [1.54, 1.807) is 14.2 Å². The third kappa shape index (κ3) is 4.96. The Bertz CT molecular complexity index is 592. The Morgan fingerprint density at radius 2 is 2.00 bits per heavy atom. The number of nitrogens with zero attached hydrogens (tertiary/aromatic N) is 2. The zero-order chi connectivity index (χ0) is 18.4. The Morgan fingerprint density at radius 1 is 1.23 bits per heavy atom. The van der Waals surface area contributed by atoms with Gasteiger partial charge in [0.2, 0.25) is 5.91 Å². The van der Waals surface area contributed by atoms with Crippen molar-refractivity contribution in [3.63, 3.8) is 0 Å². The molecule has 2 saturated heterocycles. The highest BCUT2D eigenvalue weighted by Crippen LogP contribution is 2.33. The Hall–Kier alpha value is -1.63. The number of nitrogens with one attached hydrogen (secondary N) is 1. The van der Waals surface area contributed by atoms with Crippen molar-refractivity contribution in [3.8, 4) is 5.75 Å². The number of piperidine rings is 1. The van der Waals surface area contributed by atoms with E-state index in [0.29, 0.717) is 13.2 Å². The third-order valence-electron chi connectivity index (χ3n) is 5.47. The van der Waals surface area contributed by atoms with Gasteiger partial charge in [0.25, 0.3) is 0 Å². The lowest BCUT2D eigenvalue weighted by Gasteiger charge is -2.43. The normalized spacial score (nSPS) is 25.0. The lowest BCUT2D eigenvalue weighted by molar-refractivity contribution is -0.122. The molecule has 1 atom stereocenters. The molecule has 144 valence electrons. The summed E-state index contributed by atoms with van der Waals surface area (Å²) in [6.45, 7) is 6.79. The summed E-state index contributed by atoms with van der Waals surface area (Å²) in [6.07, 6.45) is 2.34. The quantitative estimate of drug-likeness (QED) is 0.858. The van der Waals surface area contributed by atoms with E-state index >= 15 is 0 Å². The molecule has 26 heavy (non-hydrogen) atoms. The van der Waals surface area contributed by atoms with Gasteiger partial charge in [0.05, 0.1) is 26.9 Å². The highest BCUT2D eigenvalue weighted by atomic mass is 16.5. The highest BCUT2D eigenvalue weighted by molar-refractivity contribution is 5.77. The van der Waals surface area contributed by atoms with Crippen molar-refractivity contribution in [1.82, 2.24) is 15.1 Å². The lowest BCUT2D eigenvalue weighted by atomic mass is 9.80. The van der Waals surface area contributed by atoms with E-state index < -0.39 is 0 Å². The average molecular weight is 361 g/mol. The standard InChI is InChI=1S/C20H31N3O3/c1-21-19(24)13-23-10-11-26-16-20(15-23)8-3-9-22(14-20)12-17-4-6-18(25-2)7-5-17/h4-7H,3,8-16H2,1-2H3,(H,21,24)/t20-/m0/s1. The van der Waals surface area contributed by atoms with Crippen LogP contribution in [0.15, 0.2) is 24.3 Å². The number of rotatable bonds is 5. The fraction of sp³-hybridized carbons (Fsp3) is 0.650. The van der Waals surface area contributed by atoms with Gasteiger partial charge in [-0.3, -0.25) is 14.6 Å². The molecule has 0 bridgehead atoms. The molecule has 0 aliphatic carbocycles. The van der Waals surface area contributed by atoms with E-state index in [1.807, 2.05) is 12.1 Å².